The lowest BCUT2D eigenvalue weighted by atomic mass is 10.1. The van der Waals surface area contributed by atoms with Gasteiger partial charge in [0.1, 0.15) is 5.82 Å². The summed E-state index contributed by atoms with van der Waals surface area (Å²) in [5.74, 6) is 1.71. The van der Waals surface area contributed by atoms with Gasteiger partial charge in [-0.1, -0.05) is 42.5 Å². The van der Waals surface area contributed by atoms with Gasteiger partial charge in [0.2, 0.25) is 0 Å². The Hall–Kier alpha value is -3.61. The Morgan fingerprint density at radius 3 is 2.25 bits per heavy atom. The number of benzene rings is 2. The van der Waals surface area contributed by atoms with E-state index in [4.69, 9.17) is 9.47 Å². The van der Waals surface area contributed by atoms with Gasteiger partial charge in [-0.2, -0.15) is 0 Å². The first kappa shape index (κ1) is 19.2. The van der Waals surface area contributed by atoms with Crippen LogP contribution in [0.25, 0.3) is 0 Å². The van der Waals surface area contributed by atoms with E-state index in [0.29, 0.717) is 23.1 Å². The van der Waals surface area contributed by atoms with Gasteiger partial charge in [0.05, 0.1) is 7.11 Å². The third-order valence-corrected chi connectivity index (χ3v) is 4.02. The van der Waals surface area contributed by atoms with Gasteiger partial charge in [0, 0.05) is 6.04 Å². The lowest BCUT2D eigenvalue weighted by molar-refractivity contribution is -0.118. The quantitative estimate of drug-likeness (QED) is 0.622. The average Bonchev–Trinajstić information content (AvgIpc) is 2.74. The van der Waals surface area contributed by atoms with Gasteiger partial charge in [0.15, 0.2) is 23.9 Å². The molecule has 1 heterocycles. The third-order valence-electron chi connectivity index (χ3n) is 4.02. The molecule has 7 heteroatoms. The molecule has 144 valence electrons. The fourth-order valence-electron chi connectivity index (χ4n) is 2.58. The lowest BCUT2D eigenvalue weighted by Gasteiger charge is -2.14. The van der Waals surface area contributed by atoms with Crippen molar-refractivity contribution in [3.05, 3.63) is 72.3 Å². The number of rotatable bonds is 8. The van der Waals surface area contributed by atoms with Gasteiger partial charge < -0.3 is 20.1 Å². The van der Waals surface area contributed by atoms with Crippen molar-refractivity contribution in [1.82, 2.24) is 10.2 Å². The molecule has 0 saturated heterocycles. The zero-order valence-electron chi connectivity index (χ0n) is 15.8. The highest BCUT2D eigenvalue weighted by molar-refractivity contribution is 5.90. The molecule has 0 aliphatic carbocycles. The lowest BCUT2D eigenvalue weighted by Crippen LogP contribution is -2.21. The molecule has 0 bridgehead atoms. The largest absolute Gasteiger partial charge is 0.493 e. The van der Waals surface area contributed by atoms with Gasteiger partial charge in [0.25, 0.3) is 5.91 Å². The molecule has 1 aromatic heterocycles. The van der Waals surface area contributed by atoms with Gasteiger partial charge in [-0.25, -0.2) is 0 Å². The maximum atomic E-state index is 12.1. The van der Waals surface area contributed by atoms with Gasteiger partial charge in [-0.05, 0) is 36.8 Å². The summed E-state index contributed by atoms with van der Waals surface area (Å²) in [6, 6.07) is 20.7. The van der Waals surface area contributed by atoms with E-state index in [1.807, 2.05) is 49.4 Å². The number of carbonyl (C=O) groups is 1. The molecule has 0 aliphatic rings. The number of nitrogens with one attached hydrogen (secondary N) is 2. The second kappa shape index (κ2) is 9.36. The summed E-state index contributed by atoms with van der Waals surface area (Å²) < 4.78 is 10.7. The second-order valence-corrected chi connectivity index (χ2v) is 6.07. The number of hydrogen-bond donors (Lipinski definition) is 2. The Bertz CT molecular complexity index is 901. The zero-order chi connectivity index (χ0) is 19.8. The molecule has 1 unspecified atom stereocenters. The molecule has 0 radical (unpaired) electrons. The molecule has 28 heavy (non-hydrogen) atoms. The molecule has 2 N–H and O–H groups in total. The minimum atomic E-state index is -0.335. The fraction of sp³-hybridized carbons (Fsp3) is 0.190. The van der Waals surface area contributed by atoms with Crippen LogP contribution in [0.3, 0.4) is 0 Å². The van der Waals surface area contributed by atoms with Crippen LogP contribution in [0, 0.1) is 0 Å². The van der Waals surface area contributed by atoms with Crippen molar-refractivity contribution < 1.29 is 14.3 Å². The summed E-state index contributed by atoms with van der Waals surface area (Å²) in [7, 11) is 1.55. The van der Waals surface area contributed by atoms with Crippen molar-refractivity contribution in [1.29, 1.82) is 0 Å². The van der Waals surface area contributed by atoms with E-state index in [1.54, 1.807) is 31.4 Å². The molecule has 2 aromatic carbocycles. The van der Waals surface area contributed by atoms with Crippen LogP contribution in [-0.4, -0.2) is 29.8 Å². The first-order valence-electron chi connectivity index (χ1n) is 8.86. The molecule has 1 atom stereocenters. The number of methoxy groups -OCH3 is 1. The van der Waals surface area contributed by atoms with E-state index < -0.39 is 0 Å². The van der Waals surface area contributed by atoms with E-state index in [-0.39, 0.29) is 18.6 Å². The summed E-state index contributed by atoms with van der Waals surface area (Å²) >= 11 is 0. The predicted octanol–water partition coefficient (Wildman–Crippen LogP) is 3.68. The number of carbonyl (C=O) groups excluding carboxylic acids is 1. The molecule has 0 spiro atoms. The number of hydrogen-bond acceptors (Lipinski definition) is 6. The molecule has 0 fully saturated rings. The monoisotopic (exact) mass is 378 g/mol. The highest BCUT2D eigenvalue weighted by Crippen LogP contribution is 2.25. The van der Waals surface area contributed by atoms with E-state index in [1.165, 1.54) is 0 Å². The predicted molar refractivity (Wildman–Crippen MR) is 108 cm³/mol. The van der Waals surface area contributed by atoms with Crippen molar-refractivity contribution >= 4 is 17.5 Å². The summed E-state index contributed by atoms with van der Waals surface area (Å²) in [5, 5.41) is 14.1. The average molecular weight is 378 g/mol. The second-order valence-electron chi connectivity index (χ2n) is 6.07. The molecule has 7 nitrogen and oxygen atoms in total. The minimum Gasteiger partial charge on any atom is -0.493 e. The first-order valence-corrected chi connectivity index (χ1v) is 8.86. The molecular weight excluding hydrogens is 356 g/mol. The fourth-order valence-corrected chi connectivity index (χ4v) is 2.58. The molecule has 3 rings (SSSR count). The van der Waals surface area contributed by atoms with Crippen LogP contribution in [0.4, 0.5) is 11.6 Å². The Morgan fingerprint density at radius 2 is 1.57 bits per heavy atom. The highest BCUT2D eigenvalue weighted by Gasteiger charge is 2.09. The van der Waals surface area contributed by atoms with Crippen LogP contribution in [0.1, 0.15) is 18.5 Å². The number of ether oxygens (including phenoxy) is 2. The van der Waals surface area contributed by atoms with Crippen molar-refractivity contribution in [2.45, 2.75) is 13.0 Å². The SMILES string of the molecule is COc1ccccc1OCC(=O)Nc1ccc(NC(C)c2ccccc2)nn1. The number of nitrogens with zero attached hydrogens (tertiary/aromatic N) is 2. The molecule has 1 amide bonds. The van der Waals surface area contributed by atoms with Crippen molar-refractivity contribution in [3.63, 3.8) is 0 Å². The zero-order valence-corrected chi connectivity index (χ0v) is 15.8. The highest BCUT2D eigenvalue weighted by atomic mass is 16.5. The van der Waals surface area contributed by atoms with Crippen LogP contribution in [0.2, 0.25) is 0 Å². The summed E-state index contributed by atoms with van der Waals surface area (Å²) in [4.78, 5) is 12.1. The Morgan fingerprint density at radius 1 is 0.929 bits per heavy atom. The van der Waals surface area contributed by atoms with E-state index in [9.17, 15) is 4.79 Å². The molecule has 0 aliphatic heterocycles. The van der Waals surface area contributed by atoms with E-state index in [0.717, 1.165) is 5.56 Å². The van der Waals surface area contributed by atoms with Gasteiger partial charge in [-0.15, -0.1) is 10.2 Å². The smallest absolute Gasteiger partial charge is 0.263 e. The van der Waals surface area contributed by atoms with Crippen LogP contribution >= 0.6 is 0 Å². The van der Waals surface area contributed by atoms with Gasteiger partial charge in [-0.3, -0.25) is 4.79 Å². The standard InChI is InChI=1S/C21H22N4O3/c1-15(16-8-4-3-5-9-16)22-19-12-13-20(25-24-19)23-21(26)14-28-18-11-7-6-10-17(18)27-2/h3-13,15H,14H2,1-2H3,(H,22,24)(H,23,25,26). The number of anilines is 2. The minimum absolute atomic E-state index is 0.0881. The Labute approximate surface area is 163 Å². The van der Waals surface area contributed by atoms with E-state index >= 15 is 0 Å². The van der Waals surface area contributed by atoms with Gasteiger partial charge >= 0.3 is 0 Å². The maximum absolute atomic E-state index is 12.1. The van der Waals surface area contributed by atoms with Crippen molar-refractivity contribution in [2.75, 3.05) is 24.4 Å². The molecule has 3 aromatic rings. The number of aromatic nitrogens is 2. The first-order chi connectivity index (χ1) is 13.7. The summed E-state index contributed by atoms with van der Waals surface area (Å²) in [6.45, 7) is 1.88. The topological polar surface area (TPSA) is 85.4 Å². The van der Waals surface area contributed by atoms with E-state index in [2.05, 4.69) is 20.8 Å². The van der Waals surface area contributed by atoms with Crippen molar-refractivity contribution in [3.8, 4) is 11.5 Å². The Kier molecular flexibility index (Phi) is 6.41. The van der Waals surface area contributed by atoms with Crippen molar-refractivity contribution in [2.24, 2.45) is 0 Å². The number of para-hydroxylation sites is 2. The number of amides is 1. The Balaban J connectivity index is 1.51. The summed E-state index contributed by atoms with van der Waals surface area (Å²) in [6.07, 6.45) is 0. The maximum Gasteiger partial charge on any atom is 0.263 e. The third kappa shape index (κ3) is 5.20. The molecular formula is C21H22N4O3. The normalized spacial score (nSPS) is 11.4. The van der Waals surface area contributed by atoms with Crippen LogP contribution in [0.5, 0.6) is 11.5 Å². The summed E-state index contributed by atoms with van der Waals surface area (Å²) in [5.41, 5.74) is 1.15. The van der Waals surface area contributed by atoms with Crippen LogP contribution < -0.4 is 20.1 Å². The molecule has 0 saturated carbocycles. The van der Waals surface area contributed by atoms with Crippen LogP contribution in [0.15, 0.2) is 66.7 Å². The van der Waals surface area contributed by atoms with Crippen LogP contribution in [-0.2, 0) is 4.79 Å².